The maximum absolute atomic E-state index is 13.7. The van der Waals surface area contributed by atoms with Gasteiger partial charge in [0.05, 0.1) is 18.4 Å². The van der Waals surface area contributed by atoms with Gasteiger partial charge < -0.3 is 9.88 Å². The molecular weight excluding hydrogens is 460 g/mol. The van der Waals surface area contributed by atoms with E-state index >= 15 is 0 Å². The van der Waals surface area contributed by atoms with Crippen LogP contribution in [0.1, 0.15) is 22.3 Å². The third-order valence-corrected chi connectivity index (χ3v) is 6.83. The maximum Gasteiger partial charge on any atom is 0.278 e. The van der Waals surface area contributed by atoms with Crippen molar-refractivity contribution in [3.8, 4) is 0 Å². The van der Waals surface area contributed by atoms with E-state index in [0.29, 0.717) is 16.1 Å². The number of fused-ring (bicyclic) bond motifs is 3. The Labute approximate surface area is 207 Å². The molecule has 0 aliphatic carbocycles. The lowest BCUT2D eigenvalue weighted by Gasteiger charge is -2.12. The number of aryl methyl sites for hydroxylation is 2. The topological polar surface area (TPSA) is 68.9 Å². The van der Waals surface area contributed by atoms with E-state index in [1.165, 1.54) is 4.57 Å². The van der Waals surface area contributed by atoms with Gasteiger partial charge in [0.25, 0.3) is 5.56 Å². The van der Waals surface area contributed by atoms with Gasteiger partial charge in [0.1, 0.15) is 17.6 Å². The number of halogens is 1. The lowest BCUT2D eigenvalue weighted by Crippen LogP contribution is -2.25. The summed E-state index contributed by atoms with van der Waals surface area (Å²) in [5, 5.41) is 4.44. The Bertz CT molecular complexity index is 1670. The predicted molar refractivity (Wildman–Crippen MR) is 141 cm³/mol. The molecule has 176 valence electrons. The Hall–Kier alpha value is -3.90. The van der Waals surface area contributed by atoms with Crippen LogP contribution >= 0.6 is 11.6 Å². The molecule has 0 bridgehead atoms. The first-order valence-corrected chi connectivity index (χ1v) is 11.8. The number of rotatable bonds is 5. The minimum absolute atomic E-state index is 0.0104. The van der Waals surface area contributed by atoms with Gasteiger partial charge in [-0.15, -0.1) is 0 Å². The summed E-state index contributed by atoms with van der Waals surface area (Å²) < 4.78 is 3.30. The first-order valence-electron chi connectivity index (χ1n) is 11.4. The molecule has 0 spiro atoms. The van der Waals surface area contributed by atoms with Crippen LogP contribution in [0.5, 0.6) is 0 Å². The van der Waals surface area contributed by atoms with Crippen molar-refractivity contribution < 1.29 is 4.79 Å². The monoisotopic (exact) mass is 484 g/mol. The molecule has 2 aromatic heterocycles. The molecule has 1 amide bonds. The van der Waals surface area contributed by atoms with E-state index in [2.05, 4.69) is 10.3 Å². The SMILES string of the molecule is Cc1ccc2c(c1)c1ncn(Cc3ccccc3Cl)c(=O)c1n2CC(=O)Nc1cccc(C)c1C. The third kappa shape index (κ3) is 4.21. The standard InChI is InChI=1S/C28H25ClN4O2/c1-17-11-12-24-21(13-17)26-27(28(35)32(16-30-26)14-20-8-4-5-9-22(20)29)33(24)15-25(34)31-23-10-6-7-18(2)19(23)3/h4-13,16H,14-15H2,1-3H3,(H,31,34). The Balaban J connectivity index is 1.62. The second kappa shape index (κ2) is 9.04. The van der Waals surface area contributed by atoms with Crippen LogP contribution in [-0.4, -0.2) is 20.0 Å². The molecule has 7 heteroatoms. The summed E-state index contributed by atoms with van der Waals surface area (Å²) in [7, 11) is 0. The van der Waals surface area contributed by atoms with Crippen molar-refractivity contribution in [3.05, 3.63) is 105 Å². The molecule has 0 unspecified atom stereocenters. The van der Waals surface area contributed by atoms with Crippen molar-refractivity contribution in [2.24, 2.45) is 0 Å². The molecule has 5 aromatic rings. The van der Waals surface area contributed by atoms with Crippen molar-refractivity contribution >= 4 is 45.1 Å². The number of carbonyl (C=O) groups excluding carboxylic acids is 1. The fourth-order valence-electron chi connectivity index (χ4n) is 4.42. The van der Waals surface area contributed by atoms with E-state index in [4.69, 9.17) is 11.6 Å². The van der Waals surface area contributed by atoms with Crippen molar-refractivity contribution in [2.75, 3.05) is 5.32 Å². The number of benzene rings is 3. The molecule has 2 heterocycles. The number of amides is 1. The van der Waals surface area contributed by atoms with Gasteiger partial charge in [0.2, 0.25) is 5.91 Å². The van der Waals surface area contributed by atoms with Crippen LogP contribution in [0.15, 0.2) is 71.8 Å². The molecule has 5 rings (SSSR count). The molecule has 0 fully saturated rings. The summed E-state index contributed by atoms with van der Waals surface area (Å²) >= 11 is 6.33. The lowest BCUT2D eigenvalue weighted by molar-refractivity contribution is -0.116. The average molecular weight is 485 g/mol. The number of nitrogens with one attached hydrogen (secondary N) is 1. The van der Waals surface area contributed by atoms with E-state index < -0.39 is 0 Å². The first kappa shape index (κ1) is 22.9. The number of hydrogen-bond acceptors (Lipinski definition) is 3. The minimum Gasteiger partial charge on any atom is -0.325 e. The molecule has 6 nitrogen and oxygen atoms in total. The number of anilines is 1. The van der Waals surface area contributed by atoms with Crippen molar-refractivity contribution in [1.82, 2.24) is 14.1 Å². The van der Waals surface area contributed by atoms with Crippen LogP contribution in [0, 0.1) is 20.8 Å². The summed E-state index contributed by atoms with van der Waals surface area (Å²) in [6, 6.07) is 19.1. The molecule has 0 aliphatic heterocycles. The zero-order valence-electron chi connectivity index (χ0n) is 19.8. The van der Waals surface area contributed by atoms with Gasteiger partial charge in [0, 0.05) is 16.1 Å². The Morgan fingerprint density at radius 3 is 2.63 bits per heavy atom. The van der Waals surface area contributed by atoms with Crippen LogP contribution in [0.4, 0.5) is 5.69 Å². The Morgan fingerprint density at radius 1 is 1.03 bits per heavy atom. The zero-order valence-corrected chi connectivity index (χ0v) is 20.6. The molecule has 0 saturated carbocycles. The van der Waals surface area contributed by atoms with Crippen molar-refractivity contribution in [3.63, 3.8) is 0 Å². The normalized spacial score (nSPS) is 11.3. The van der Waals surface area contributed by atoms with Gasteiger partial charge >= 0.3 is 0 Å². The number of hydrogen-bond donors (Lipinski definition) is 1. The number of nitrogens with zero attached hydrogens (tertiary/aromatic N) is 3. The second-order valence-electron chi connectivity index (χ2n) is 8.87. The molecule has 35 heavy (non-hydrogen) atoms. The van der Waals surface area contributed by atoms with Gasteiger partial charge in [-0.1, -0.05) is 53.6 Å². The minimum atomic E-state index is -0.219. The summed E-state index contributed by atoms with van der Waals surface area (Å²) in [6.07, 6.45) is 1.55. The lowest BCUT2D eigenvalue weighted by atomic mass is 10.1. The third-order valence-electron chi connectivity index (χ3n) is 6.46. The van der Waals surface area contributed by atoms with Crippen LogP contribution in [0.2, 0.25) is 5.02 Å². The highest BCUT2D eigenvalue weighted by molar-refractivity contribution is 6.31. The highest BCUT2D eigenvalue weighted by Gasteiger charge is 2.19. The molecule has 0 aliphatic rings. The highest BCUT2D eigenvalue weighted by atomic mass is 35.5. The smallest absolute Gasteiger partial charge is 0.278 e. The summed E-state index contributed by atoms with van der Waals surface area (Å²) in [4.78, 5) is 31.5. The van der Waals surface area contributed by atoms with Crippen LogP contribution < -0.4 is 10.9 Å². The second-order valence-corrected chi connectivity index (χ2v) is 9.28. The van der Waals surface area contributed by atoms with Crippen LogP contribution in [0.3, 0.4) is 0 Å². The van der Waals surface area contributed by atoms with E-state index in [1.807, 2.05) is 75.4 Å². The molecule has 3 aromatic carbocycles. The van der Waals surface area contributed by atoms with Gasteiger partial charge in [0.15, 0.2) is 0 Å². The van der Waals surface area contributed by atoms with E-state index in [0.717, 1.165) is 38.8 Å². The predicted octanol–water partition coefficient (Wildman–Crippen LogP) is 5.62. The summed E-state index contributed by atoms with van der Waals surface area (Å²) in [6.45, 7) is 6.26. The molecule has 0 atom stereocenters. The van der Waals surface area contributed by atoms with Crippen LogP contribution in [-0.2, 0) is 17.9 Å². The summed E-state index contributed by atoms with van der Waals surface area (Å²) in [5.74, 6) is -0.209. The first-order chi connectivity index (χ1) is 16.8. The van der Waals surface area contributed by atoms with E-state index in [-0.39, 0.29) is 24.6 Å². The molecule has 0 saturated heterocycles. The van der Waals surface area contributed by atoms with Crippen molar-refractivity contribution in [1.29, 1.82) is 0 Å². The van der Waals surface area contributed by atoms with Gasteiger partial charge in [-0.05, 0) is 61.7 Å². The molecular formula is C28H25ClN4O2. The Morgan fingerprint density at radius 2 is 1.83 bits per heavy atom. The van der Waals surface area contributed by atoms with E-state index in [9.17, 15) is 9.59 Å². The zero-order chi connectivity index (χ0) is 24.7. The number of carbonyl (C=O) groups is 1. The van der Waals surface area contributed by atoms with Crippen LogP contribution in [0.25, 0.3) is 21.9 Å². The van der Waals surface area contributed by atoms with E-state index in [1.54, 1.807) is 17.0 Å². The van der Waals surface area contributed by atoms with Gasteiger partial charge in [-0.2, -0.15) is 0 Å². The molecule has 0 radical (unpaired) electrons. The summed E-state index contributed by atoms with van der Waals surface area (Å²) in [5.41, 5.74) is 6.32. The average Bonchev–Trinajstić information content (AvgIpc) is 3.13. The maximum atomic E-state index is 13.7. The van der Waals surface area contributed by atoms with Crippen molar-refractivity contribution in [2.45, 2.75) is 33.9 Å². The van der Waals surface area contributed by atoms with Gasteiger partial charge in [-0.3, -0.25) is 14.2 Å². The Kier molecular flexibility index (Phi) is 5.91. The largest absolute Gasteiger partial charge is 0.325 e. The highest BCUT2D eigenvalue weighted by Crippen LogP contribution is 2.27. The molecule has 1 N–H and O–H groups in total. The van der Waals surface area contributed by atoms with Gasteiger partial charge in [-0.25, -0.2) is 4.98 Å². The number of aromatic nitrogens is 3. The fraction of sp³-hybridized carbons (Fsp3) is 0.179. The quantitative estimate of drug-likeness (QED) is 0.352. The fourth-order valence-corrected chi connectivity index (χ4v) is 4.62.